The van der Waals surface area contributed by atoms with Crippen molar-refractivity contribution in [2.45, 2.75) is 20.0 Å². The third kappa shape index (κ3) is 3.09. The van der Waals surface area contributed by atoms with Gasteiger partial charge in [0.05, 0.1) is 23.4 Å². The molecule has 0 aliphatic carbocycles. The highest BCUT2D eigenvalue weighted by Crippen LogP contribution is 2.13. The molecule has 1 aromatic heterocycles. The maximum Gasteiger partial charge on any atom is 0.146 e. The lowest BCUT2D eigenvalue weighted by Gasteiger charge is -2.27. The highest BCUT2D eigenvalue weighted by Gasteiger charge is 2.12. The Balaban J connectivity index is 2.21. The van der Waals surface area contributed by atoms with Crippen LogP contribution in [0.2, 0.25) is 0 Å². The quantitative estimate of drug-likeness (QED) is 0.637. The first-order valence-corrected chi connectivity index (χ1v) is 6.63. The van der Waals surface area contributed by atoms with Gasteiger partial charge in [-0.1, -0.05) is 38.6 Å². The number of nitrogens with one attached hydrogen (secondary N) is 1. The number of anilines is 1. The minimum Gasteiger partial charge on any atom is -0.350 e. The first-order valence-electron chi connectivity index (χ1n) is 6.63. The lowest BCUT2D eigenvalue weighted by Crippen LogP contribution is -2.39. The number of rotatable bonds is 6. The van der Waals surface area contributed by atoms with Crippen LogP contribution in [0.1, 0.15) is 13.8 Å². The van der Waals surface area contributed by atoms with E-state index in [0.717, 1.165) is 29.9 Å². The molecule has 0 amide bonds. The summed E-state index contributed by atoms with van der Waals surface area (Å²) in [4.78, 5) is 11.2. The topological polar surface area (TPSA) is 41.1 Å². The molecule has 0 spiro atoms. The van der Waals surface area contributed by atoms with E-state index < -0.39 is 0 Å². The van der Waals surface area contributed by atoms with Crippen molar-refractivity contribution in [2.24, 2.45) is 0 Å². The number of hydrogen-bond acceptors (Lipinski definition) is 4. The highest BCUT2D eigenvalue weighted by atomic mass is 15.3. The van der Waals surface area contributed by atoms with Gasteiger partial charge in [-0.25, -0.2) is 4.98 Å². The van der Waals surface area contributed by atoms with Crippen LogP contribution in [-0.4, -0.2) is 34.1 Å². The summed E-state index contributed by atoms with van der Waals surface area (Å²) < 4.78 is 0. The average molecular weight is 256 g/mol. The van der Waals surface area contributed by atoms with Crippen LogP contribution in [0.15, 0.2) is 43.1 Å². The van der Waals surface area contributed by atoms with Crippen molar-refractivity contribution in [3.63, 3.8) is 0 Å². The van der Waals surface area contributed by atoms with E-state index in [2.05, 4.69) is 40.6 Å². The summed E-state index contributed by atoms with van der Waals surface area (Å²) in [6, 6.07) is 7.86. The van der Waals surface area contributed by atoms with Crippen molar-refractivity contribution < 1.29 is 0 Å². The van der Waals surface area contributed by atoms with Gasteiger partial charge in [-0.05, 0) is 25.2 Å². The molecule has 1 N–H and O–H groups in total. The Hall–Kier alpha value is -1.94. The molecule has 0 saturated heterocycles. The maximum absolute atomic E-state index is 4.57. The number of para-hydroxylation sites is 2. The van der Waals surface area contributed by atoms with Crippen molar-refractivity contribution in [2.75, 3.05) is 18.4 Å². The number of likely N-dealkylation sites (N-methyl/N-ethyl adjacent to an activating group) is 1. The lowest BCUT2D eigenvalue weighted by atomic mass is 10.3. The molecule has 1 aromatic carbocycles. The summed E-state index contributed by atoms with van der Waals surface area (Å²) in [6.07, 6.45) is 3.73. The summed E-state index contributed by atoms with van der Waals surface area (Å²) in [5.74, 6) is 0.774. The normalized spacial score (nSPS) is 12.6. The van der Waals surface area contributed by atoms with Gasteiger partial charge in [-0.3, -0.25) is 9.88 Å². The molecule has 0 saturated carbocycles. The zero-order chi connectivity index (χ0) is 13.7. The summed E-state index contributed by atoms with van der Waals surface area (Å²) in [6.45, 7) is 10.1. The second-order valence-corrected chi connectivity index (χ2v) is 4.29. The number of fused-ring (bicyclic) bond motifs is 1. The van der Waals surface area contributed by atoms with Gasteiger partial charge in [-0.15, -0.1) is 0 Å². The fourth-order valence-electron chi connectivity index (χ4n) is 2.09. The van der Waals surface area contributed by atoms with E-state index in [1.165, 1.54) is 0 Å². The Morgan fingerprint density at radius 1 is 1.26 bits per heavy atom. The van der Waals surface area contributed by atoms with Crippen molar-refractivity contribution >= 4 is 16.9 Å². The molecule has 2 rings (SSSR count). The van der Waals surface area contributed by atoms with Gasteiger partial charge in [0.2, 0.25) is 0 Å². The zero-order valence-corrected chi connectivity index (χ0v) is 11.5. The molecule has 0 radical (unpaired) electrons. The van der Waals surface area contributed by atoms with Crippen LogP contribution in [0.25, 0.3) is 11.0 Å². The maximum atomic E-state index is 4.57. The molecule has 19 heavy (non-hydrogen) atoms. The van der Waals surface area contributed by atoms with Gasteiger partial charge in [-0.2, -0.15) is 0 Å². The third-order valence-electron chi connectivity index (χ3n) is 3.17. The van der Waals surface area contributed by atoms with Gasteiger partial charge in [0.1, 0.15) is 5.82 Å². The smallest absolute Gasteiger partial charge is 0.146 e. The van der Waals surface area contributed by atoms with E-state index in [-0.39, 0.29) is 6.17 Å². The van der Waals surface area contributed by atoms with E-state index in [1.807, 2.05) is 30.3 Å². The molecule has 1 atom stereocenters. The Morgan fingerprint density at radius 3 is 2.58 bits per heavy atom. The minimum atomic E-state index is 0.0745. The van der Waals surface area contributed by atoms with E-state index in [1.54, 1.807) is 6.20 Å². The molecule has 1 unspecified atom stereocenters. The summed E-state index contributed by atoms with van der Waals surface area (Å²) in [7, 11) is 0. The molecule has 0 aliphatic rings. The van der Waals surface area contributed by atoms with Crippen molar-refractivity contribution in [3.05, 3.63) is 43.1 Å². The number of hydrogen-bond donors (Lipinski definition) is 1. The largest absolute Gasteiger partial charge is 0.350 e. The average Bonchev–Trinajstić information content (AvgIpc) is 2.47. The summed E-state index contributed by atoms with van der Waals surface area (Å²) in [5, 5.41) is 3.36. The van der Waals surface area contributed by atoms with Gasteiger partial charge in [0.25, 0.3) is 0 Å². The molecular weight excluding hydrogens is 236 g/mol. The minimum absolute atomic E-state index is 0.0745. The van der Waals surface area contributed by atoms with Crippen LogP contribution in [-0.2, 0) is 0 Å². The second kappa shape index (κ2) is 6.29. The van der Waals surface area contributed by atoms with Crippen LogP contribution in [0.4, 0.5) is 5.82 Å². The third-order valence-corrected chi connectivity index (χ3v) is 3.17. The fourth-order valence-corrected chi connectivity index (χ4v) is 2.09. The molecule has 4 nitrogen and oxygen atoms in total. The SMILES string of the molecule is C=CC(Nc1cnc2ccccc2n1)N(CC)CC. The van der Waals surface area contributed by atoms with Crippen LogP contribution in [0, 0.1) is 0 Å². The van der Waals surface area contributed by atoms with Gasteiger partial charge < -0.3 is 5.32 Å². The molecule has 1 heterocycles. The predicted molar refractivity (Wildman–Crippen MR) is 80.1 cm³/mol. The Bertz CT molecular complexity index is 549. The Labute approximate surface area is 114 Å². The predicted octanol–water partition coefficient (Wildman–Crippen LogP) is 2.90. The summed E-state index contributed by atoms with van der Waals surface area (Å²) >= 11 is 0. The van der Waals surface area contributed by atoms with Crippen LogP contribution in [0.5, 0.6) is 0 Å². The Kier molecular flexibility index (Phi) is 4.47. The fraction of sp³-hybridized carbons (Fsp3) is 0.333. The first kappa shape index (κ1) is 13.5. The zero-order valence-electron chi connectivity index (χ0n) is 11.5. The number of nitrogens with zero attached hydrogens (tertiary/aromatic N) is 3. The second-order valence-electron chi connectivity index (χ2n) is 4.29. The molecule has 100 valence electrons. The molecule has 2 aromatic rings. The molecule has 4 heteroatoms. The molecule has 0 fully saturated rings. The first-order chi connectivity index (χ1) is 9.28. The summed E-state index contributed by atoms with van der Waals surface area (Å²) in [5.41, 5.74) is 1.81. The van der Waals surface area contributed by atoms with Crippen molar-refractivity contribution in [1.29, 1.82) is 0 Å². The Morgan fingerprint density at radius 2 is 1.95 bits per heavy atom. The van der Waals surface area contributed by atoms with Gasteiger partial charge >= 0.3 is 0 Å². The van der Waals surface area contributed by atoms with E-state index >= 15 is 0 Å². The van der Waals surface area contributed by atoms with Crippen molar-refractivity contribution in [3.8, 4) is 0 Å². The monoisotopic (exact) mass is 256 g/mol. The standard InChI is InChI=1S/C15H20N4/c1-4-15(19(5-2)6-3)18-14-11-16-12-9-7-8-10-13(12)17-14/h4,7-11,15H,1,5-6H2,2-3H3,(H,17,18). The van der Waals surface area contributed by atoms with E-state index in [4.69, 9.17) is 0 Å². The van der Waals surface area contributed by atoms with E-state index in [9.17, 15) is 0 Å². The highest BCUT2D eigenvalue weighted by molar-refractivity contribution is 5.75. The van der Waals surface area contributed by atoms with Crippen molar-refractivity contribution in [1.82, 2.24) is 14.9 Å². The number of aromatic nitrogens is 2. The molecule has 0 aliphatic heterocycles. The number of benzene rings is 1. The van der Waals surface area contributed by atoms with Crippen LogP contribution in [0.3, 0.4) is 0 Å². The van der Waals surface area contributed by atoms with Gasteiger partial charge in [0, 0.05) is 0 Å². The lowest BCUT2D eigenvalue weighted by molar-refractivity contribution is 0.274. The van der Waals surface area contributed by atoms with E-state index in [0.29, 0.717) is 0 Å². The molecule has 0 bridgehead atoms. The van der Waals surface area contributed by atoms with Crippen LogP contribution < -0.4 is 5.32 Å². The molecular formula is C15H20N4. The van der Waals surface area contributed by atoms with Crippen LogP contribution >= 0.6 is 0 Å². The van der Waals surface area contributed by atoms with Gasteiger partial charge in [0.15, 0.2) is 0 Å².